The highest BCUT2D eigenvalue weighted by Crippen LogP contribution is 2.57. The molecule has 3 heteroatoms. The lowest BCUT2D eigenvalue weighted by molar-refractivity contribution is 0.465. The third-order valence-electron chi connectivity index (χ3n) is 11.5. The van der Waals surface area contributed by atoms with Gasteiger partial charge in [-0.3, -0.25) is 0 Å². The fraction of sp³-hybridized carbons (Fsp3) is 0.160. The molecule has 0 amide bonds. The van der Waals surface area contributed by atoms with Crippen LogP contribution in [0.5, 0.6) is 17.2 Å². The van der Waals surface area contributed by atoms with E-state index in [4.69, 9.17) is 0 Å². The normalized spacial score (nSPS) is 13.0. The van der Waals surface area contributed by atoms with Gasteiger partial charge in [-0.15, -0.1) is 0 Å². The molecule has 9 rings (SSSR count). The number of fused-ring (bicyclic) bond motifs is 6. The van der Waals surface area contributed by atoms with Gasteiger partial charge in [0, 0.05) is 0 Å². The topological polar surface area (TPSA) is 60.7 Å². The second kappa shape index (κ2) is 12.9. The standard InChI is InChI=1S/C29H26O2.C21H18O/c1-17-13-21(14-18(2)27(17)30)29(22-15-19(3)28(31)20(4)16-22)25-11-7-5-9-23(25)24-10-6-8-12-26(24)29;1-13-10-16(11-14(2)21(13)22)18-8-5-9-19-17-7-4-3-6-15(17)12-20(18)19/h5-16,30-31H,1-4H3;3-11,22H,12H2,1-2H3. The Bertz CT molecular complexity index is 2420. The third-order valence-corrected chi connectivity index (χ3v) is 11.5. The van der Waals surface area contributed by atoms with Crippen LogP contribution < -0.4 is 0 Å². The quantitative estimate of drug-likeness (QED) is 0.173. The Hall–Kier alpha value is -6.06. The minimum absolute atomic E-state index is 0.344. The van der Waals surface area contributed by atoms with E-state index in [-0.39, 0.29) is 0 Å². The van der Waals surface area contributed by atoms with Gasteiger partial charge in [0.05, 0.1) is 5.41 Å². The molecule has 3 N–H and O–H groups in total. The van der Waals surface area contributed by atoms with E-state index in [1.165, 1.54) is 55.6 Å². The van der Waals surface area contributed by atoms with Crippen LogP contribution in [0.2, 0.25) is 0 Å². The van der Waals surface area contributed by atoms with E-state index in [1.54, 1.807) is 0 Å². The minimum atomic E-state index is -0.528. The van der Waals surface area contributed by atoms with Crippen LogP contribution in [-0.4, -0.2) is 15.3 Å². The van der Waals surface area contributed by atoms with Crippen molar-refractivity contribution in [2.24, 2.45) is 0 Å². The molecule has 7 aromatic carbocycles. The van der Waals surface area contributed by atoms with Crippen molar-refractivity contribution in [1.29, 1.82) is 0 Å². The van der Waals surface area contributed by atoms with Crippen molar-refractivity contribution >= 4 is 0 Å². The molecule has 0 spiro atoms. The first-order valence-electron chi connectivity index (χ1n) is 18.3. The Kier molecular flexibility index (Phi) is 8.26. The fourth-order valence-corrected chi connectivity index (χ4v) is 8.91. The van der Waals surface area contributed by atoms with Crippen molar-refractivity contribution < 1.29 is 15.3 Å². The van der Waals surface area contributed by atoms with Crippen LogP contribution in [0, 0.1) is 41.5 Å². The molecule has 7 aromatic rings. The maximum absolute atomic E-state index is 10.5. The van der Waals surface area contributed by atoms with Crippen LogP contribution in [0.25, 0.3) is 33.4 Å². The van der Waals surface area contributed by atoms with Crippen molar-refractivity contribution in [3.63, 3.8) is 0 Å². The van der Waals surface area contributed by atoms with Gasteiger partial charge in [0.15, 0.2) is 0 Å². The number of benzene rings is 7. The predicted octanol–water partition coefficient (Wildman–Crippen LogP) is 11.9. The maximum Gasteiger partial charge on any atom is 0.121 e. The second-order valence-electron chi connectivity index (χ2n) is 14.9. The molecule has 0 aromatic heterocycles. The summed E-state index contributed by atoms with van der Waals surface area (Å²) in [5.74, 6) is 1.09. The summed E-state index contributed by atoms with van der Waals surface area (Å²) in [6.07, 6.45) is 0.987. The Labute approximate surface area is 312 Å². The van der Waals surface area contributed by atoms with E-state index in [0.29, 0.717) is 17.2 Å². The van der Waals surface area contributed by atoms with Crippen LogP contribution in [0.3, 0.4) is 0 Å². The predicted molar refractivity (Wildman–Crippen MR) is 217 cm³/mol. The molecule has 0 saturated carbocycles. The van der Waals surface area contributed by atoms with Crippen LogP contribution in [0.4, 0.5) is 0 Å². The van der Waals surface area contributed by atoms with Gasteiger partial charge in [-0.05, 0) is 160 Å². The van der Waals surface area contributed by atoms with Gasteiger partial charge in [0.25, 0.3) is 0 Å². The highest BCUT2D eigenvalue weighted by atomic mass is 16.3. The van der Waals surface area contributed by atoms with Gasteiger partial charge in [-0.2, -0.15) is 0 Å². The van der Waals surface area contributed by atoms with E-state index in [0.717, 1.165) is 50.9 Å². The molecule has 0 unspecified atom stereocenters. The first-order chi connectivity index (χ1) is 25.5. The lowest BCUT2D eigenvalue weighted by Gasteiger charge is -2.35. The van der Waals surface area contributed by atoms with Gasteiger partial charge in [-0.25, -0.2) is 0 Å². The lowest BCUT2D eigenvalue weighted by atomic mass is 9.66. The average Bonchev–Trinajstić information content (AvgIpc) is 3.69. The van der Waals surface area contributed by atoms with E-state index >= 15 is 0 Å². The number of phenols is 3. The van der Waals surface area contributed by atoms with Crippen molar-refractivity contribution in [2.45, 2.75) is 53.4 Å². The second-order valence-corrected chi connectivity index (χ2v) is 14.9. The van der Waals surface area contributed by atoms with E-state index in [2.05, 4.69) is 127 Å². The zero-order valence-electron chi connectivity index (χ0n) is 31.2. The van der Waals surface area contributed by atoms with Crippen molar-refractivity contribution in [2.75, 3.05) is 0 Å². The van der Waals surface area contributed by atoms with Crippen molar-refractivity contribution in [3.05, 3.63) is 194 Å². The summed E-state index contributed by atoms with van der Waals surface area (Å²) < 4.78 is 0. The van der Waals surface area contributed by atoms with Crippen LogP contribution >= 0.6 is 0 Å². The number of rotatable bonds is 3. The Morgan fingerprint density at radius 3 is 1.26 bits per heavy atom. The molecule has 0 heterocycles. The molecule has 0 radical (unpaired) electrons. The molecular formula is C50H44O3. The van der Waals surface area contributed by atoms with Crippen LogP contribution in [-0.2, 0) is 11.8 Å². The van der Waals surface area contributed by atoms with Gasteiger partial charge in [-0.1, -0.05) is 115 Å². The lowest BCUT2D eigenvalue weighted by Crippen LogP contribution is -2.29. The fourth-order valence-electron chi connectivity index (χ4n) is 8.91. The molecule has 0 aliphatic heterocycles. The molecule has 0 fully saturated rings. The van der Waals surface area contributed by atoms with E-state index < -0.39 is 5.41 Å². The summed E-state index contributed by atoms with van der Waals surface area (Å²) in [4.78, 5) is 0. The zero-order chi connectivity index (χ0) is 37.2. The number of hydrogen-bond donors (Lipinski definition) is 3. The Morgan fingerprint density at radius 1 is 0.396 bits per heavy atom. The number of hydrogen-bond acceptors (Lipinski definition) is 3. The molecule has 0 bridgehead atoms. The van der Waals surface area contributed by atoms with E-state index in [1.807, 2.05) is 41.5 Å². The zero-order valence-corrected chi connectivity index (χ0v) is 31.2. The SMILES string of the molecule is Cc1cc(-c2cccc3c2Cc2ccccc2-3)cc(C)c1O.Cc1cc(C2(c3cc(C)c(O)c(C)c3)c3ccccc3-c3ccccc32)cc(C)c1O. The third kappa shape index (κ3) is 5.34. The Balaban J connectivity index is 0.000000160. The van der Waals surface area contributed by atoms with Crippen LogP contribution in [0.15, 0.2) is 127 Å². The highest BCUT2D eigenvalue weighted by molar-refractivity contribution is 5.87. The van der Waals surface area contributed by atoms with Gasteiger partial charge >= 0.3 is 0 Å². The first-order valence-corrected chi connectivity index (χ1v) is 18.3. The smallest absolute Gasteiger partial charge is 0.121 e. The number of aromatic hydroxyl groups is 3. The summed E-state index contributed by atoms with van der Waals surface area (Å²) >= 11 is 0. The van der Waals surface area contributed by atoms with Crippen molar-refractivity contribution in [3.8, 4) is 50.6 Å². The van der Waals surface area contributed by atoms with Gasteiger partial charge in [0.1, 0.15) is 17.2 Å². The van der Waals surface area contributed by atoms with E-state index in [9.17, 15) is 15.3 Å². The summed E-state index contributed by atoms with van der Waals surface area (Å²) in [5, 5.41) is 31.0. The molecule has 3 nitrogen and oxygen atoms in total. The largest absolute Gasteiger partial charge is 0.507 e. The molecule has 2 aliphatic rings. The van der Waals surface area contributed by atoms with Gasteiger partial charge in [0.2, 0.25) is 0 Å². The number of phenolic OH excluding ortho intramolecular Hbond substituents is 3. The molecule has 0 saturated heterocycles. The van der Waals surface area contributed by atoms with Gasteiger partial charge < -0.3 is 15.3 Å². The monoisotopic (exact) mass is 692 g/mol. The van der Waals surface area contributed by atoms with Crippen molar-refractivity contribution in [1.82, 2.24) is 0 Å². The summed E-state index contributed by atoms with van der Waals surface area (Å²) in [6.45, 7) is 11.8. The summed E-state index contributed by atoms with van der Waals surface area (Å²) in [5.41, 5.74) is 19.9. The molecule has 0 atom stereocenters. The molecular weight excluding hydrogens is 649 g/mol. The molecule has 2 aliphatic carbocycles. The summed E-state index contributed by atoms with van der Waals surface area (Å²) in [7, 11) is 0. The maximum atomic E-state index is 10.5. The molecule has 262 valence electrons. The Morgan fingerprint density at radius 2 is 0.774 bits per heavy atom. The first kappa shape index (κ1) is 34.0. The minimum Gasteiger partial charge on any atom is -0.507 e. The highest BCUT2D eigenvalue weighted by Gasteiger charge is 2.46. The number of aryl methyl sites for hydroxylation is 6. The van der Waals surface area contributed by atoms with Crippen LogP contribution in [0.1, 0.15) is 66.8 Å². The average molecular weight is 693 g/mol. The molecule has 53 heavy (non-hydrogen) atoms. The summed E-state index contributed by atoms with van der Waals surface area (Å²) in [6, 6.07) is 45.0.